The van der Waals surface area contributed by atoms with Gasteiger partial charge in [0.05, 0.1) is 0 Å². The van der Waals surface area contributed by atoms with Crippen LogP contribution in [-0.2, 0) is 7.05 Å². The Morgan fingerprint density at radius 2 is 2.14 bits per heavy atom. The normalized spacial score (nSPS) is 17.2. The van der Waals surface area contributed by atoms with Gasteiger partial charge in [0, 0.05) is 43.2 Å². The van der Waals surface area contributed by atoms with Crippen LogP contribution >= 0.6 is 0 Å². The summed E-state index contributed by atoms with van der Waals surface area (Å²) in [6.45, 7) is 2.27. The van der Waals surface area contributed by atoms with E-state index in [0.29, 0.717) is 0 Å². The van der Waals surface area contributed by atoms with Crippen molar-refractivity contribution in [3.63, 3.8) is 0 Å². The lowest BCUT2D eigenvalue weighted by Crippen LogP contribution is -2.39. The van der Waals surface area contributed by atoms with Crippen molar-refractivity contribution < 1.29 is 0 Å². The highest BCUT2D eigenvalue weighted by Crippen LogP contribution is 2.28. The molecule has 1 aromatic heterocycles. The molecule has 2 aromatic rings. The number of hydrogen-bond donors (Lipinski definition) is 1. The third-order valence-corrected chi connectivity index (χ3v) is 3.18. The Bertz CT molecular complexity index is 466. The van der Waals surface area contributed by atoms with Gasteiger partial charge in [0.1, 0.15) is 0 Å². The summed E-state index contributed by atoms with van der Waals surface area (Å²) >= 11 is 0. The number of nitrogens with one attached hydrogen (secondary N) is 1. The largest absolute Gasteiger partial charge is 0.351 e. The maximum Gasteiger partial charge on any atom is 0.0480 e. The van der Waals surface area contributed by atoms with Crippen LogP contribution in [0.5, 0.6) is 0 Å². The first-order chi connectivity index (χ1) is 6.86. The molecule has 0 atom stereocenters. The maximum absolute atomic E-state index is 3.32. The molecule has 0 aliphatic carbocycles. The summed E-state index contributed by atoms with van der Waals surface area (Å²) in [6.07, 6.45) is 2.14. The van der Waals surface area contributed by atoms with E-state index in [4.69, 9.17) is 0 Å². The number of aryl methyl sites for hydroxylation is 1. The molecule has 0 saturated carbocycles. The van der Waals surface area contributed by atoms with E-state index in [1.807, 2.05) is 0 Å². The predicted octanol–water partition coefficient (Wildman–Crippen LogP) is 1.87. The molecule has 1 aromatic carbocycles. The molecule has 0 radical (unpaired) electrons. The Hall–Kier alpha value is -1.28. The van der Waals surface area contributed by atoms with Crippen LogP contribution in [0, 0.1) is 0 Å². The molecule has 1 saturated heterocycles. The van der Waals surface area contributed by atoms with Crippen molar-refractivity contribution in [2.75, 3.05) is 13.1 Å². The highest BCUT2D eigenvalue weighted by molar-refractivity contribution is 5.84. The minimum absolute atomic E-state index is 0.723. The van der Waals surface area contributed by atoms with Gasteiger partial charge in [-0.1, -0.05) is 12.1 Å². The molecule has 0 spiro atoms. The highest BCUT2D eigenvalue weighted by atomic mass is 15.0. The third-order valence-electron chi connectivity index (χ3n) is 3.18. The monoisotopic (exact) mass is 186 g/mol. The first-order valence-corrected chi connectivity index (χ1v) is 5.11. The van der Waals surface area contributed by atoms with Gasteiger partial charge in [0.2, 0.25) is 0 Å². The van der Waals surface area contributed by atoms with Crippen LogP contribution in [0.25, 0.3) is 10.9 Å². The lowest BCUT2D eigenvalue weighted by Gasteiger charge is -2.28. The van der Waals surface area contributed by atoms with E-state index in [-0.39, 0.29) is 0 Å². The lowest BCUT2D eigenvalue weighted by molar-refractivity contribution is 0.451. The summed E-state index contributed by atoms with van der Waals surface area (Å²) in [5, 5.41) is 4.74. The smallest absolute Gasteiger partial charge is 0.0480 e. The van der Waals surface area contributed by atoms with Gasteiger partial charge in [0.15, 0.2) is 0 Å². The van der Waals surface area contributed by atoms with Crippen molar-refractivity contribution in [2.24, 2.45) is 7.05 Å². The number of benzene rings is 1. The molecule has 2 nitrogen and oxygen atoms in total. The van der Waals surface area contributed by atoms with Gasteiger partial charge in [-0.2, -0.15) is 0 Å². The van der Waals surface area contributed by atoms with E-state index in [1.165, 1.54) is 16.5 Å². The predicted molar refractivity (Wildman–Crippen MR) is 58.5 cm³/mol. The summed E-state index contributed by atoms with van der Waals surface area (Å²) in [4.78, 5) is 0. The second-order valence-electron chi connectivity index (χ2n) is 4.06. The van der Waals surface area contributed by atoms with Gasteiger partial charge in [-0.15, -0.1) is 0 Å². The zero-order valence-corrected chi connectivity index (χ0v) is 8.33. The summed E-state index contributed by atoms with van der Waals surface area (Å²) < 4.78 is 2.19. The number of nitrogens with zero attached hydrogens (tertiary/aromatic N) is 1. The number of rotatable bonds is 1. The summed E-state index contributed by atoms with van der Waals surface area (Å²) in [5.74, 6) is 0.723. The minimum Gasteiger partial charge on any atom is -0.351 e. The van der Waals surface area contributed by atoms with Crippen LogP contribution < -0.4 is 5.32 Å². The summed E-state index contributed by atoms with van der Waals surface area (Å²) in [5.41, 5.74) is 2.84. The molecular formula is C12H14N2. The average molecular weight is 186 g/mol. The Labute approximate surface area is 83.5 Å². The quantitative estimate of drug-likeness (QED) is 0.719. The van der Waals surface area contributed by atoms with Crippen LogP contribution in [0.15, 0.2) is 30.5 Å². The third kappa shape index (κ3) is 1.01. The second-order valence-corrected chi connectivity index (χ2v) is 4.06. The van der Waals surface area contributed by atoms with Gasteiger partial charge in [0.25, 0.3) is 0 Å². The molecular weight excluding hydrogens is 172 g/mol. The standard InChI is InChI=1S/C12H14N2/c1-14-6-5-11-10(9-7-13-8-9)3-2-4-12(11)14/h2-6,9,13H,7-8H2,1H3. The molecule has 0 amide bonds. The molecule has 1 N–H and O–H groups in total. The van der Waals surface area contributed by atoms with E-state index in [1.54, 1.807) is 0 Å². The van der Waals surface area contributed by atoms with Crippen molar-refractivity contribution in [3.05, 3.63) is 36.0 Å². The van der Waals surface area contributed by atoms with Crippen molar-refractivity contribution in [1.82, 2.24) is 9.88 Å². The SMILES string of the molecule is Cn1ccc2c(C3CNC3)cccc21. The molecule has 0 unspecified atom stereocenters. The highest BCUT2D eigenvalue weighted by Gasteiger charge is 2.20. The number of hydrogen-bond acceptors (Lipinski definition) is 1. The minimum atomic E-state index is 0.723. The van der Waals surface area contributed by atoms with Crippen molar-refractivity contribution in [1.29, 1.82) is 0 Å². The van der Waals surface area contributed by atoms with Crippen molar-refractivity contribution >= 4 is 10.9 Å². The summed E-state index contributed by atoms with van der Waals surface area (Å²) in [7, 11) is 2.10. The van der Waals surface area contributed by atoms with Gasteiger partial charge < -0.3 is 9.88 Å². The van der Waals surface area contributed by atoms with E-state index in [9.17, 15) is 0 Å². The van der Waals surface area contributed by atoms with Gasteiger partial charge >= 0.3 is 0 Å². The first kappa shape index (κ1) is 8.06. The molecule has 2 heteroatoms. The molecule has 3 rings (SSSR count). The zero-order valence-electron chi connectivity index (χ0n) is 8.33. The van der Waals surface area contributed by atoms with E-state index < -0.39 is 0 Å². The van der Waals surface area contributed by atoms with Crippen LogP contribution in [-0.4, -0.2) is 17.7 Å². The number of aromatic nitrogens is 1. The van der Waals surface area contributed by atoms with E-state index >= 15 is 0 Å². The van der Waals surface area contributed by atoms with E-state index in [2.05, 4.69) is 47.4 Å². The molecule has 0 bridgehead atoms. The van der Waals surface area contributed by atoms with Crippen LogP contribution in [0.2, 0.25) is 0 Å². The Balaban J connectivity index is 2.22. The lowest BCUT2D eigenvalue weighted by atomic mass is 9.91. The fourth-order valence-electron chi connectivity index (χ4n) is 2.19. The molecule has 2 heterocycles. The van der Waals surface area contributed by atoms with Crippen LogP contribution in [0.3, 0.4) is 0 Å². The first-order valence-electron chi connectivity index (χ1n) is 5.11. The van der Waals surface area contributed by atoms with Gasteiger partial charge in [-0.3, -0.25) is 0 Å². The average Bonchev–Trinajstić information content (AvgIpc) is 2.47. The van der Waals surface area contributed by atoms with Crippen LogP contribution in [0.1, 0.15) is 11.5 Å². The topological polar surface area (TPSA) is 17.0 Å². The second kappa shape index (κ2) is 2.85. The Kier molecular flexibility index (Phi) is 1.64. The van der Waals surface area contributed by atoms with E-state index in [0.717, 1.165) is 19.0 Å². The molecule has 14 heavy (non-hydrogen) atoms. The van der Waals surface area contributed by atoms with Gasteiger partial charge in [-0.25, -0.2) is 0 Å². The molecule has 72 valence electrons. The summed E-state index contributed by atoms with van der Waals surface area (Å²) in [6, 6.07) is 8.83. The molecule has 1 aliphatic rings. The maximum atomic E-state index is 3.32. The fourth-order valence-corrected chi connectivity index (χ4v) is 2.19. The van der Waals surface area contributed by atoms with Crippen LogP contribution in [0.4, 0.5) is 0 Å². The Morgan fingerprint density at radius 3 is 2.86 bits per heavy atom. The number of fused-ring (bicyclic) bond motifs is 1. The molecule has 1 fully saturated rings. The fraction of sp³-hybridized carbons (Fsp3) is 0.333. The van der Waals surface area contributed by atoms with Gasteiger partial charge in [-0.05, 0) is 17.7 Å². The zero-order chi connectivity index (χ0) is 9.54. The Morgan fingerprint density at radius 1 is 1.29 bits per heavy atom. The molecule has 1 aliphatic heterocycles. The van der Waals surface area contributed by atoms with Crippen molar-refractivity contribution in [3.8, 4) is 0 Å². The van der Waals surface area contributed by atoms with Crippen molar-refractivity contribution in [2.45, 2.75) is 5.92 Å².